The maximum atomic E-state index is 10.7. The van der Waals surface area contributed by atoms with E-state index in [0.29, 0.717) is 5.75 Å². The molecule has 1 aromatic heterocycles. The fourth-order valence-electron chi connectivity index (χ4n) is 1.73. The van der Waals surface area contributed by atoms with Gasteiger partial charge in [-0.2, -0.15) is 0 Å². The summed E-state index contributed by atoms with van der Waals surface area (Å²) in [5.74, 6) is 0.672. The molecule has 0 saturated heterocycles. The molecule has 6 heteroatoms. The standard InChI is InChI=1S/C13H11ClN2O3/c1-8-3-9(2)5-11(4-8)19-13-7-10(16(17)18)6-12(14)15-13/h3-7H,1-2H3. The SMILES string of the molecule is Cc1cc(C)cc(Oc2cc([N+](=O)[O-])cc(Cl)n2)c1. The predicted molar refractivity (Wildman–Crippen MR) is 71.9 cm³/mol. The molecule has 5 nitrogen and oxygen atoms in total. The quantitative estimate of drug-likeness (QED) is 0.482. The number of nitrogens with zero attached hydrogens (tertiary/aromatic N) is 2. The number of halogens is 1. The summed E-state index contributed by atoms with van der Waals surface area (Å²) in [6.45, 7) is 3.88. The van der Waals surface area contributed by atoms with Crippen LogP contribution in [0.4, 0.5) is 5.69 Å². The van der Waals surface area contributed by atoms with Gasteiger partial charge in [-0.3, -0.25) is 10.1 Å². The van der Waals surface area contributed by atoms with Gasteiger partial charge >= 0.3 is 0 Å². The number of hydrogen-bond donors (Lipinski definition) is 0. The molecule has 1 heterocycles. The number of pyridine rings is 1. The van der Waals surface area contributed by atoms with Crippen LogP contribution in [0.2, 0.25) is 5.15 Å². The van der Waals surface area contributed by atoms with Crippen LogP contribution in [0.1, 0.15) is 11.1 Å². The second-order valence-electron chi connectivity index (χ2n) is 4.17. The van der Waals surface area contributed by atoms with E-state index in [2.05, 4.69) is 4.98 Å². The summed E-state index contributed by atoms with van der Waals surface area (Å²) in [6.07, 6.45) is 0. The van der Waals surface area contributed by atoms with Crippen LogP contribution in [0.5, 0.6) is 11.6 Å². The number of rotatable bonds is 3. The highest BCUT2D eigenvalue weighted by molar-refractivity contribution is 6.29. The second kappa shape index (κ2) is 5.24. The predicted octanol–water partition coefficient (Wildman–Crippen LogP) is 4.05. The first-order valence-electron chi connectivity index (χ1n) is 5.52. The highest BCUT2D eigenvalue weighted by Crippen LogP contribution is 2.27. The molecule has 0 N–H and O–H groups in total. The van der Waals surface area contributed by atoms with Crippen molar-refractivity contribution >= 4 is 17.3 Å². The van der Waals surface area contributed by atoms with Crippen molar-refractivity contribution < 1.29 is 9.66 Å². The molecule has 19 heavy (non-hydrogen) atoms. The third-order valence-corrected chi connectivity index (χ3v) is 2.58. The molecule has 0 aliphatic heterocycles. The molecular weight excluding hydrogens is 268 g/mol. The van der Waals surface area contributed by atoms with Gasteiger partial charge in [-0.25, -0.2) is 4.98 Å². The van der Waals surface area contributed by atoms with E-state index in [4.69, 9.17) is 16.3 Å². The Bertz CT molecular complexity index is 624. The smallest absolute Gasteiger partial charge is 0.277 e. The zero-order valence-electron chi connectivity index (χ0n) is 10.4. The molecule has 0 spiro atoms. The van der Waals surface area contributed by atoms with Crippen LogP contribution < -0.4 is 4.74 Å². The lowest BCUT2D eigenvalue weighted by Gasteiger charge is -2.07. The molecule has 98 valence electrons. The average Bonchev–Trinajstić information content (AvgIpc) is 2.26. The number of aryl methyl sites for hydroxylation is 2. The third-order valence-electron chi connectivity index (χ3n) is 2.38. The van der Waals surface area contributed by atoms with Crippen molar-refractivity contribution in [2.75, 3.05) is 0 Å². The van der Waals surface area contributed by atoms with E-state index >= 15 is 0 Å². The van der Waals surface area contributed by atoms with E-state index < -0.39 is 4.92 Å². The Labute approximate surface area is 115 Å². The minimum atomic E-state index is -0.540. The number of hydrogen-bond acceptors (Lipinski definition) is 4. The Kier molecular flexibility index (Phi) is 3.66. The van der Waals surface area contributed by atoms with Gasteiger partial charge in [0.1, 0.15) is 10.9 Å². The van der Waals surface area contributed by atoms with Gasteiger partial charge in [0.15, 0.2) is 0 Å². The molecule has 0 unspecified atom stereocenters. The molecule has 2 rings (SSSR count). The molecule has 0 radical (unpaired) electrons. The molecule has 0 saturated carbocycles. The van der Waals surface area contributed by atoms with Crippen molar-refractivity contribution in [3.8, 4) is 11.6 Å². The minimum Gasteiger partial charge on any atom is -0.439 e. The van der Waals surface area contributed by atoms with Gasteiger partial charge in [-0.1, -0.05) is 17.7 Å². The molecule has 0 bridgehead atoms. The van der Waals surface area contributed by atoms with Gasteiger partial charge in [0.05, 0.1) is 17.1 Å². The van der Waals surface area contributed by atoms with Crippen molar-refractivity contribution in [1.29, 1.82) is 0 Å². The van der Waals surface area contributed by atoms with E-state index in [-0.39, 0.29) is 16.7 Å². The Morgan fingerprint density at radius 1 is 1.16 bits per heavy atom. The van der Waals surface area contributed by atoms with Crippen molar-refractivity contribution in [2.24, 2.45) is 0 Å². The molecule has 0 aliphatic rings. The largest absolute Gasteiger partial charge is 0.439 e. The van der Waals surface area contributed by atoms with Crippen LogP contribution in [-0.4, -0.2) is 9.91 Å². The minimum absolute atomic E-state index is 0.0218. The van der Waals surface area contributed by atoms with Gasteiger partial charge in [-0.15, -0.1) is 0 Å². The van der Waals surface area contributed by atoms with E-state index in [9.17, 15) is 10.1 Å². The van der Waals surface area contributed by atoms with E-state index in [1.165, 1.54) is 12.1 Å². The average molecular weight is 279 g/mol. The highest BCUT2D eigenvalue weighted by Gasteiger charge is 2.12. The van der Waals surface area contributed by atoms with E-state index in [0.717, 1.165) is 11.1 Å². The van der Waals surface area contributed by atoms with Crippen LogP contribution in [-0.2, 0) is 0 Å². The maximum Gasteiger partial charge on any atom is 0.277 e. The van der Waals surface area contributed by atoms with E-state index in [1.54, 1.807) is 0 Å². The summed E-state index contributed by atoms with van der Waals surface area (Å²) >= 11 is 5.73. The Morgan fingerprint density at radius 2 is 1.79 bits per heavy atom. The fourth-order valence-corrected chi connectivity index (χ4v) is 1.93. The highest BCUT2D eigenvalue weighted by atomic mass is 35.5. The first-order chi connectivity index (χ1) is 8.94. The van der Waals surface area contributed by atoms with Crippen LogP contribution in [0.25, 0.3) is 0 Å². The van der Waals surface area contributed by atoms with Crippen LogP contribution in [0.15, 0.2) is 30.3 Å². The van der Waals surface area contributed by atoms with Gasteiger partial charge in [0.25, 0.3) is 5.69 Å². The number of ether oxygens (including phenoxy) is 1. The summed E-state index contributed by atoms with van der Waals surface area (Å²) in [5, 5.41) is 10.8. The van der Waals surface area contributed by atoms with Crippen molar-refractivity contribution in [3.05, 3.63) is 56.7 Å². The monoisotopic (exact) mass is 278 g/mol. The van der Waals surface area contributed by atoms with E-state index in [1.807, 2.05) is 32.0 Å². The molecule has 0 amide bonds. The summed E-state index contributed by atoms with van der Waals surface area (Å²) in [5.41, 5.74) is 1.91. The van der Waals surface area contributed by atoms with Crippen LogP contribution in [0.3, 0.4) is 0 Å². The zero-order chi connectivity index (χ0) is 14.0. The molecule has 0 atom stereocenters. The topological polar surface area (TPSA) is 65.3 Å². The lowest BCUT2D eigenvalue weighted by atomic mass is 10.1. The van der Waals surface area contributed by atoms with Crippen LogP contribution in [0, 0.1) is 24.0 Å². The summed E-state index contributed by atoms with van der Waals surface area (Å²) < 4.78 is 5.51. The normalized spacial score (nSPS) is 10.3. The molecule has 2 aromatic rings. The van der Waals surface area contributed by atoms with Crippen molar-refractivity contribution in [1.82, 2.24) is 4.98 Å². The number of aromatic nitrogens is 1. The lowest BCUT2D eigenvalue weighted by molar-refractivity contribution is -0.385. The molecule has 0 aliphatic carbocycles. The third kappa shape index (κ3) is 3.42. The van der Waals surface area contributed by atoms with Crippen molar-refractivity contribution in [3.63, 3.8) is 0 Å². The summed E-state index contributed by atoms with van der Waals surface area (Å²) in [4.78, 5) is 14.1. The van der Waals surface area contributed by atoms with Gasteiger partial charge < -0.3 is 4.74 Å². The first-order valence-corrected chi connectivity index (χ1v) is 5.90. The Balaban J connectivity index is 2.35. The van der Waals surface area contributed by atoms with Gasteiger partial charge in [-0.05, 0) is 37.1 Å². The Hall–Kier alpha value is -2.14. The first kappa shape index (κ1) is 13.3. The fraction of sp³-hybridized carbons (Fsp3) is 0.154. The Morgan fingerprint density at radius 3 is 2.37 bits per heavy atom. The van der Waals surface area contributed by atoms with Crippen LogP contribution >= 0.6 is 11.6 Å². The zero-order valence-corrected chi connectivity index (χ0v) is 11.1. The number of benzene rings is 1. The molecule has 0 fully saturated rings. The lowest BCUT2D eigenvalue weighted by Crippen LogP contribution is -1.93. The summed E-state index contributed by atoms with van der Waals surface area (Å²) in [6, 6.07) is 8.06. The van der Waals surface area contributed by atoms with Gasteiger partial charge in [0.2, 0.25) is 5.88 Å². The van der Waals surface area contributed by atoms with Gasteiger partial charge in [0, 0.05) is 0 Å². The second-order valence-corrected chi connectivity index (χ2v) is 4.56. The number of nitro groups is 1. The summed E-state index contributed by atoms with van der Waals surface area (Å²) in [7, 11) is 0. The van der Waals surface area contributed by atoms with Crippen molar-refractivity contribution in [2.45, 2.75) is 13.8 Å². The maximum absolute atomic E-state index is 10.7. The molecule has 1 aromatic carbocycles. The molecular formula is C13H11ClN2O3.